The standard InChI is InChI=1S/C23H29F2N5O2.HI/c1-3-27-21(31)15-32-18-7-4-6-16(12-18)13-28-23(26-2)29-17-10-11-30(14-17)22-19(24)8-5-9-20(22)25;/h4-9,12,17H,3,10-11,13-15H2,1-2H3,(H,27,31)(H2,26,28,29);1H. The fraction of sp³-hybridized carbons (Fsp3) is 0.391. The molecule has 1 fully saturated rings. The van der Waals surface area contributed by atoms with Gasteiger partial charge in [-0.2, -0.15) is 0 Å². The second-order valence-corrected chi connectivity index (χ2v) is 7.46. The van der Waals surface area contributed by atoms with E-state index in [1.54, 1.807) is 18.0 Å². The maximum Gasteiger partial charge on any atom is 0.257 e. The highest BCUT2D eigenvalue weighted by Crippen LogP contribution is 2.26. The molecule has 3 N–H and O–H groups in total. The summed E-state index contributed by atoms with van der Waals surface area (Å²) in [5, 5.41) is 9.24. The fourth-order valence-corrected chi connectivity index (χ4v) is 3.59. The smallest absolute Gasteiger partial charge is 0.257 e. The van der Waals surface area contributed by atoms with E-state index in [1.165, 1.54) is 18.2 Å². The maximum atomic E-state index is 14.1. The second-order valence-electron chi connectivity index (χ2n) is 7.46. The molecule has 2 aromatic rings. The molecular formula is C23H30F2IN5O2. The van der Waals surface area contributed by atoms with Gasteiger partial charge in [-0.15, -0.1) is 24.0 Å². The summed E-state index contributed by atoms with van der Waals surface area (Å²) in [6, 6.07) is 11.4. The van der Waals surface area contributed by atoms with Gasteiger partial charge < -0.3 is 25.6 Å². The van der Waals surface area contributed by atoms with Crippen molar-refractivity contribution in [3.05, 3.63) is 59.7 Å². The molecule has 10 heteroatoms. The van der Waals surface area contributed by atoms with Gasteiger partial charge in [0.15, 0.2) is 12.6 Å². The molecule has 2 aromatic carbocycles. The maximum absolute atomic E-state index is 14.1. The van der Waals surface area contributed by atoms with Crippen LogP contribution >= 0.6 is 24.0 Å². The Balaban J connectivity index is 0.00000385. The zero-order valence-electron chi connectivity index (χ0n) is 18.7. The first-order valence-electron chi connectivity index (χ1n) is 10.6. The summed E-state index contributed by atoms with van der Waals surface area (Å²) in [4.78, 5) is 17.5. The molecule has 0 bridgehead atoms. The highest BCUT2D eigenvalue weighted by Gasteiger charge is 2.27. The Morgan fingerprint density at radius 2 is 1.91 bits per heavy atom. The number of halogens is 3. The Morgan fingerprint density at radius 3 is 2.61 bits per heavy atom. The van der Waals surface area contributed by atoms with Crippen LogP contribution in [0.3, 0.4) is 0 Å². The number of aliphatic imine (C=N–C) groups is 1. The summed E-state index contributed by atoms with van der Waals surface area (Å²) >= 11 is 0. The van der Waals surface area contributed by atoms with Crippen LogP contribution in [0.1, 0.15) is 18.9 Å². The first-order valence-corrected chi connectivity index (χ1v) is 10.6. The van der Waals surface area contributed by atoms with Gasteiger partial charge in [-0.3, -0.25) is 9.79 Å². The largest absolute Gasteiger partial charge is 0.484 e. The number of hydrogen-bond donors (Lipinski definition) is 3. The number of anilines is 1. The van der Waals surface area contributed by atoms with Crippen molar-refractivity contribution in [2.75, 3.05) is 38.2 Å². The van der Waals surface area contributed by atoms with E-state index in [0.29, 0.717) is 37.9 Å². The van der Waals surface area contributed by atoms with E-state index in [9.17, 15) is 13.6 Å². The Bertz CT molecular complexity index is 940. The molecule has 7 nitrogen and oxygen atoms in total. The molecule has 0 aliphatic carbocycles. The number of guanidine groups is 1. The van der Waals surface area contributed by atoms with Crippen molar-refractivity contribution < 1.29 is 18.3 Å². The van der Waals surface area contributed by atoms with Crippen molar-refractivity contribution >= 4 is 41.5 Å². The van der Waals surface area contributed by atoms with E-state index < -0.39 is 11.6 Å². The molecule has 1 atom stereocenters. The van der Waals surface area contributed by atoms with Crippen molar-refractivity contribution in [3.8, 4) is 5.75 Å². The fourth-order valence-electron chi connectivity index (χ4n) is 3.59. The van der Waals surface area contributed by atoms with Gasteiger partial charge in [0.2, 0.25) is 0 Å². The summed E-state index contributed by atoms with van der Waals surface area (Å²) in [7, 11) is 1.67. The number of ether oxygens (including phenoxy) is 1. The second kappa shape index (κ2) is 13.2. The van der Waals surface area contributed by atoms with Crippen molar-refractivity contribution in [2.45, 2.75) is 25.9 Å². The minimum Gasteiger partial charge on any atom is -0.484 e. The lowest BCUT2D eigenvalue weighted by atomic mass is 10.2. The van der Waals surface area contributed by atoms with Gasteiger partial charge in [0.25, 0.3) is 5.91 Å². The number of para-hydroxylation sites is 1. The van der Waals surface area contributed by atoms with Gasteiger partial charge in [0.05, 0.1) is 0 Å². The average molecular weight is 573 g/mol. The minimum absolute atomic E-state index is 0. The predicted molar refractivity (Wildman–Crippen MR) is 136 cm³/mol. The van der Waals surface area contributed by atoms with E-state index >= 15 is 0 Å². The van der Waals surface area contributed by atoms with Gasteiger partial charge in [-0.25, -0.2) is 8.78 Å². The number of nitrogens with zero attached hydrogens (tertiary/aromatic N) is 2. The zero-order valence-corrected chi connectivity index (χ0v) is 21.1. The van der Waals surface area contributed by atoms with E-state index in [2.05, 4.69) is 20.9 Å². The van der Waals surface area contributed by atoms with Crippen LogP contribution in [0.15, 0.2) is 47.5 Å². The van der Waals surface area contributed by atoms with Gasteiger partial charge in [-0.1, -0.05) is 18.2 Å². The first kappa shape index (κ1) is 26.6. The quantitative estimate of drug-likeness (QED) is 0.257. The normalized spacial score (nSPS) is 15.6. The summed E-state index contributed by atoms with van der Waals surface area (Å²) in [5.74, 6) is -0.0669. The number of benzene rings is 2. The predicted octanol–water partition coefficient (Wildman–Crippen LogP) is 3.04. The molecule has 0 radical (unpaired) electrons. The van der Waals surface area contributed by atoms with Crippen LogP contribution in [-0.4, -0.2) is 51.2 Å². The minimum atomic E-state index is -0.553. The summed E-state index contributed by atoms with van der Waals surface area (Å²) < 4.78 is 33.7. The number of carbonyl (C=O) groups excluding carboxylic acids is 1. The van der Waals surface area contributed by atoms with Gasteiger partial charge in [0.1, 0.15) is 23.1 Å². The molecule has 1 amide bonds. The van der Waals surface area contributed by atoms with Crippen molar-refractivity contribution in [1.29, 1.82) is 0 Å². The average Bonchev–Trinajstić information content (AvgIpc) is 3.23. The summed E-state index contributed by atoms with van der Waals surface area (Å²) in [5.41, 5.74) is 0.979. The highest BCUT2D eigenvalue weighted by molar-refractivity contribution is 14.0. The van der Waals surface area contributed by atoms with Crippen LogP contribution in [0.4, 0.5) is 14.5 Å². The lowest BCUT2D eigenvalue weighted by Crippen LogP contribution is -2.44. The number of likely N-dealkylation sites (N-methyl/N-ethyl adjacent to an activating group) is 1. The van der Waals surface area contributed by atoms with Crippen molar-refractivity contribution in [3.63, 3.8) is 0 Å². The molecule has 1 saturated heterocycles. The molecule has 1 heterocycles. The van der Waals surface area contributed by atoms with Crippen LogP contribution in [0.5, 0.6) is 5.75 Å². The van der Waals surface area contributed by atoms with E-state index in [0.717, 1.165) is 12.0 Å². The monoisotopic (exact) mass is 573 g/mol. The molecule has 3 rings (SSSR count). The highest BCUT2D eigenvalue weighted by atomic mass is 127. The van der Waals surface area contributed by atoms with Crippen LogP contribution in [-0.2, 0) is 11.3 Å². The Morgan fingerprint density at radius 1 is 1.18 bits per heavy atom. The third kappa shape index (κ3) is 7.72. The number of carbonyl (C=O) groups is 1. The van der Waals surface area contributed by atoms with Crippen molar-refractivity contribution in [2.24, 2.45) is 4.99 Å². The van der Waals surface area contributed by atoms with E-state index in [-0.39, 0.29) is 48.2 Å². The van der Waals surface area contributed by atoms with Gasteiger partial charge in [-0.05, 0) is 43.2 Å². The molecule has 0 spiro atoms. The Kier molecular flexibility index (Phi) is 10.6. The SMILES string of the molecule is CCNC(=O)COc1cccc(CNC(=NC)NC2CCN(c3c(F)cccc3F)C2)c1.I. The number of nitrogens with one attached hydrogen (secondary N) is 3. The van der Waals surface area contributed by atoms with E-state index in [1.807, 2.05) is 25.1 Å². The third-order valence-electron chi connectivity index (χ3n) is 5.11. The molecule has 1 unspecified atom stereocenters. The Hall–Kier alpha value is -2.63. The molecule has 180 valence electrons. The molecular weight excluding hydrogens is 543 g/mol. The van der Waals surface area contributed by atoms with Gasteiger partial charge in [0, 0.05) is 39.3 Å². The Labute approximate surface area is 210 Å². The van der Waals surface area contributed by atoms with Crippen LogP contribution < -0.4 is 25.6 Å². The first-order chi connectivity index (χ1) is 15.5. The lowest BCUT2D eigenvalue weighted by molar-refractivity contribution is -0.122. The summed E-state index contributed by atoms with van der Waals surface area (Å²) in [6.45, 7) is 3.91. The topological polar surface area (TPSA) is 78.0 Å². The van der Waals surface area contributed by atoms with Crippen LogP contribution in [0.2, 0.25) is 0 Å². The molecule has 0 saturated carbocycles. The number of rotatable bonds is 8. The molecule has 33 heavy (non-hydrogen) atoms. The number of hydrogen-bond acceptors (Lipinski definition) is 4. The molecule has 1 aliphatic rings. The third-order valence-corrected chi connectivity index (χ3v) is 5.11. The number of amides is 1. The van der Waals surface area contributed by atoms with E-state index in [4.69, 9.17) is 4.74 Å². The van der Waals surface area contributed by atoms with Crippen LogP contribution in [0.25, 0.3) is 0 Å². The lowest BCUT2D eigenvalue weighted by Gasteiger charge is -2.21. The molecule has 1 aliphatic heterocycles. The zero-order chi connectivity index (χ0) is 22.9. The van der Waals surface area contributed by atoms with Crippen molar-refractivity contribution in [1.82, 2.24) is 16.0 Å². The summed E-state index contributed by atoms with van der Waals surface area (Å²) in [6.07, 6.45) is 0.734. The van der Waals surface area contributed by atoms with Crippen LogP contribution in [0, 0.1) is 11.6 Å². The molecule has 0 aromatic heterocycles. The van der Waals surface area contributed by atoms with Gasteiger partial charge >= 0.3 is 0 Å².